The first kappa shape index (κ1) is 14.9. The highest BCUT2D eigenvalue weighted by Gasteiger charge is 2.16. The third-order valence-corrected chi connectivity index (χ3v) is 2.94. The van der Waals surface area contributed by atoms with Crippen molar-refractivity contribution < 1.29 is 14.5 Å². The number of nitrogens with zero attached hydrogens (tertiary/aromatic N) is 2. The third-order valence-electron chi connectivity index (χ3n) is 2.71. The number of rotatable bonds is 5. The van der Waals surface area contributed by atoms with E-state index in [-0.39, 0.29) is 18.7 Å². The monoisotopic (exact) mass is 306 g/mol. The van der Waals surface area contributed by atoms with Gasteiger partial charge in [0.25, 0.3) is 5.69 Å². The minimum absolute atomic E-state index is 0.0453. The van der Waals surface area contributed by atoms with Crippen LogP contribution in [0.25, 0.3) is 0 Å². The molecule has 21 heavy (non-hydrogen) atoms. The maximum Gasteiger partial charge on any atom is 0.310 e. The number of benzene rings is 1. The predicted molar refractivity (Wildman–Crippen MR) is 75.8 cm³/mol. The minimum atomic E-state index is -0.542. The zero-order valence-corrected chi connectivity index (χ0v) is 11.6. The van der Waals surface area contributed by atoms with Gasteiger partial charge in [0.05, 0.1) is 11.3 Å². The summed E-state index contributed by atoms with van der Waals surface area (Å²) >= 11 is 5.65. The van der Waals surface area contributed by atoms with E-state index >= 15 is 0 Å². The second kappa shape index (κ2) is 6.81. The van der Waals surface area contributed by atoms with Crippen molar-refractivity contribution in [2.45, 2.75) is 13.0 Å². The summed E-state index contributed by atoms with van der Waals surface area (Å²) in [6.45, 7) is 0.0453. The van der Waals surface area contributed by atoms with Crippen molar-refractivity contribution in [1.82, 2.24) is 4.98 Å². The Hall–Kier alpha value is -2.47. The summed E-state index contributed by atoms with van der Waals surface area (Å²) in [6.07, 6.45) is 1.35. The molecule has 0 unspecified atom stereocenters. The van der Waals surface area contributed by atoms with Crippen LogP contribution in [0.5, 0.6) is 0 Å². The molecule has 6 nitrogen and oxygen atoms in total. The first-order chi connectivity index (χ1) is 10.1. The number of hydrogen-bond acceptors (Lipinski definition) is 5. The Bertz CT molecular complexity index is 658. The van der Waals surface area contributed by atoms with Gasteiger partial charge < -0.3 is 4.74 Å². The third kappa shape index (κ3) is 4.25. The fourth-order valence-electron chi connectivity index (χ4n) is 1.70. The van der Waals surface area contributed by atoms with Gasteiger partial charge in [0.2, 0.25) is 0 Å². The summed E-state index contributed by atoms with van der Waals surface area (Å²) in [5, 5.41) is 11.2. The molecule has 1 aromatic heterocycles. The number of pyridine rings is 1. The molecule has 0 radical (unpaired) electrons. The Kier molecular flexibility index (Phi) is 4.84. The molecule has 0 saturated heterocycles. The molecule has 0 saturated carbocycles. The van der Waals surface area contributed by atoms with E-state index in [1.54, 1.807) is 24.3 Å². The van der Waals surface area contributed by atoms with Gasteiger partial charge in [-0.3, -0.25) is 14.9 Å². The first-order valence-electron chi connectivity index (χ1n) is 6.04. The second-order valence-electron chi connectivity index (χ2n) is 4.21. The molecule has 0 amide bonds. The maximum absolute atomic E-state index is 11.7. The highest BCUT2D eigenvalue weighted by atomic mass is 35.5. The van der Waals surface area contributed by atoms with Crippen molar-refractivity contribution in [1.29, 1.82) is 0 Å². The largest absolute Gasteiger partial charge is 0.460 e. The van der Waals surface area contributed by atoms with E-state index in [9.17, 15) is 14.9 Å². The smallest absolute Gasteiger partial charge is 0.310 e. The molecule has 0 aliphatic carbocycles. The summed E-state index contributed by atoms with van der Waals surface area (Å²) in [4.78, 5) is 25.9. The Morgan fingerprint density at radius 3 is 2.71 bits per heavy atom. The fraction of sp³-hybridized carbons (Fsp3) is 0.143. The van der Waals surface area contributed by atoms with Gasteiger partial charge in [0, 0.05) is 23.4 Å². The molecular formula is C14H11ClN2O4. The van der Waals surface area contributed by atoms with Gasteiger partial charge in [0.15, 0.2) is 0 Å². The zero-order valence-electron chi connectivity index (χ0n) is 10.9. The van der Waals surface area contributed by atoms with E-state index < -0.39 is 10.9 Å². The molecular weight excluding hydrogens is 296 g/mol. The summed E-state index contributed by atoms with van der Waals surface area (Å²) in [5.41, 5.74) is 0.916. The molecule has 1 heterocycles. The molecule has 0 aliphatic rings. The quantitative estimate of drug-likeness (QED) is 0.367. The van der Waals surface area contributed by atoms with Gasteiger partial charge in [-0.1, -0.05) is 35.9 Å². The molecule has 7 heteroatoms. The van der Waals surface area contributed by atoms with Crippen LogP contribution in [-0.2, 0) is 22.6 Å². The van der Waals surface area contributed by atoms with Crippen LogP contribution in [0.2, 0.25) is 5.15 Å². The SMILES string of the molecule is O=C(Cc1ccccc1[N+](=O)[O-])OCc1ccc(Cl)nc1. The number of aromatic nitrogens is 1. The van der Waals surface area contributed by atoms with Crippen molar-refractivity contribution in [2.24, 2.45) is 0 Å². The number of para-hydroxylation sites is 1. The zero-order chi connectivity index (χ0) is 15.2. The van der Waals surface area contributed by atoms with Crippen molar-refractivity contribution in [2.75, 3.05) is 0 Å². The van der Waals surface area contributed by atoms with Crippen LogP contribution in [0.15, 0.2) is 42.6 Å². The average Bonchev–Trinajstić information content (AvgIpc) is 2.47. The second-order valence-corrected chi connectivity index (χ2v) is 4.60. The van der Waals surface area contributed by atoms with E-state index in [0.29, 0.717) is 16.3 Å². The van der Waals surface area contributed by atoms with Crippen molar-refractivity contribution in [3.8, 4) is 0 Å². The predicted octanol–water partition coefficient (Wildman–Crippen LogP) is 2.93. The first-order valence-corrected chi connectivity index (χ1v) is 6.42. The van der Waals surface area contributed by atoms with E-state index in [1.165, 1.54) is 18.3 Å². The van der Waals surface area contributed by atoms with Gasteiger partial charge in [-0.05, 0) is 6.07 Å². The van der Waals surface area contributed by atoms with Crippen LogP contribution < -0.4 is 0 Å². The number of esters is 1. The van der Waals surface area contributed by atoms with Gasteiger partial charge in [-0.15, -0.1) is 0 Å². The summed E-state index contributed by atoms with van der Waals surface area (Å²) in [6, 6.07) is 9.35. The Balaban J connectivity index is 1.96. The lowest BCUT2D eigenvalue weighted by Gasteiger charge is -2.05. The van der Waals surface area contributed by atoms with E-state index in [1.807, 2.05) is 0 Å². The Morgan fingerprint density at radius 1 is 1.29 bits per heavy atom. The van der Waals surface area contributed by atoms with Crippen LogP contribution in [0.4, 0.5) is 5.69 Å². The van der Waals surface area contributed by atoms with Crippen LogP contribution in [0, 0.1) is 10.1 Å². The maximum atomic E-state index is 11.7. The van der Waals surface area contributed by atoms with Crippen LogP contribution in [-0.4, -0.2) is 15.9 Å². The van der Waals surface area contributed by atoms with Gasteiger partial charge in [-0.25, -0.2) is 4.98 Å². The lowest BCUT2D eigenvalue weighted by Crippen LogP contribution is -2.09. The number of halogens is 1. The molecule has 2 rings (SSSR count). The summed E-state index contributed by atoms with van der Waals surface area (Å²) in [7, 11) is 0. The Labute approximate surface area is 125 Å². The molecule has 0 bridgehead atoms. The van der Waals surface area contributed by atoms with Crippen molar-refractivity contribution in [3.05, 3.63) is 69.0 Å². The molecule has 2 aromatic rings. The highest BCUT2D eigenvalue weighted by Crippen LogP contribution is 2.18. The molecule has 0 N–H and O–H groups in total. The number of carbonyl (C=O) groups is 1. The number of ether oxygens (including phenoxy) is 1. The van der Waals surface area contributed by atoms with Crippen LogP contribution >= 0.6 is 11.6 Å². The number of hydrogen-bond donors (Lipinski definition) is 0. The number of nitro benzene ring substituents is 1. The number of nitro groups is 1. The van der Waals surface area contributed by atoms with Gasteiger partial charge in [-0.2, -0.15) is 0 Å². The Morgan fingerprint density at radius 2 is 2.05 bits per heavy atom. The average molecular weight is 307 g/mol. The molecule has 108 valence electrons. The minimum Gasteiger partial charge on any atom is -0.460 e. The van der Waals surface area contributed by atoms with Crippen molar-refractivity contribution in [3.63, 3.8) is 0 Å². The van der Waals surface area contributed by atoms with Gasteiger partial charge >= 0.3 is 5.97 Å². The van der Waals surface area contributed by atoms with E-state index in [0.717, 1.165) is 0 Å². The molecule has 0 atom stereocenters. The number of carbonyl (C=O) groups excluding carboxylic acids is 1. The molecule has 1 aromatic carbocycles. The lowest BCUT2D eigenvalue weighted by molar-refractivity contribution is -0.385. The lowest BCUT2D eigenvalue weighted by atomic mass is 10.1. The van der Waals surface area contributed by atoms with E-state index in [2.05, 4.69) is 4.98 Å². The highest BCUT2D eigenvalue weighted by molar-refractivity contribution is 6.29. The standard InChI is InChI=1S/C14H11ClN2O4/c15-13-6-5-10(8-16-13)9-21-14(18)7-11-3-1-2-4-12(11)17(19)20/h1-6,8H,7,9H2. The normalized spacial score (nSPS) is 10.1. The van der Waals surface area contributed by atoms with Crippen LogP contribution in [0.3, 0.4) is 0 Å². The molecule has 0 fully saturated rings. The van der Waals surface area contributed by atoms with E-state index in [4.69, 9.17) is 16.3 Å². The van der Waals surface area contributed by atoms with Crippen molar-refractivity contribution >= 4 is 23.3 Å². The fourth-order valence-corrected chi connectivity index (χ4v) is 1.81. The van der Waals surface area contributed by atoms with Gasteiger partial charge in [0.1, 0.15) is 11.8 Å². The molecule has 0 aliphatic heterocycles. The summed E-state index contributed by atoms with van der Waals surface area (Å²) < 4.78 is 5.06. The van der Waals surface area contributed by atoms with Crippen LogP contribution in [0.1, 0.15) is 11.1 Å². The topological polar surface area (TPSA) is 82.3 Å². The summed E-state index contributed by atoms with van der Waals surface area (Å²) in [5.74, 6) is -0.542. The molecule has 0 spiro atoms.